The highest BCUT2D eigenvalue weighted by Gasteiger charge is 2.15. The lowest BCUT2D eigenvalue weighted by Gasteiger charge is -2.17. The van der Waals surface area contributed by atoms with Crippen LogP contribution in [0.2, 0.25) is 0 Å². The van der Waals surface area contributed by atoms with E-state index >= 15 is 0 Å². The molecule has 0 spiro atoms. The number of hydrogen-bond acceptors (Lipinski definition) is 4. The number of methoxy groups -OCH3 is 1. The van der Waals surface area contributed by atoms with Crippen molar-refractivity contribution >= 4 is 0 Å². The first-order valence-corrected chi connectivity index (χ1v) is 6.85. The largest absolute Gasteiger partial charge is 0.493 e. The summed E-state index contributed by atoms with van der Waals surface area (Å²) in [5.74, 6) is 0.337. The van der Waals surface area contributed by atoms with Gasteiger partial charge in [-0.3, -0.25) is 0 Å². The molecule has 0 saturated heterocycles. The highest BCUT2D eigenvalue weighted by molar-refractivity contribution is 5.36. The van der Waals surface area contributed by atoms with Crippen LogP contribution in [0.4, 0.5) is 4.39 Å². The summed E-state index contributed by atoms with van der Waals surface area (Å²) in [6.45, 7) is 4.18. The van der Waals surface area contributed by atoms with E-state index in [1.807, 2.05) is 6.92 Å². The van der Waals surface area contributed by atoms with Crippen molar-refractivity contribution in [3.8, 4) is 5.75 Å². The van der Waals surface area contributed by atoms with Crippen LogP contribution in [0.15, 0.2) is 18.2 Å². The number of hydrogen-bond donors (Lipinski definition) is 1. The summed E-state index contributed by atoms with van der Waals surface area (Å²) in [7, 11) is 3.44. The van der Waals surface area contributed by atoms with Crippen molar-refractivity contribution in [1.82, 2.24) is 5.32 Å². The Morgan fingerprint density at radius 3 is 2.70 bits per heavy atom. The third-order valence-electron chi connectivity index (χ3n) is 3.00. The lowest BCUT2D eigenvalue weighted by Crippen LogP contribution is -2.16. The van der Waals surface area contributed by atoms with Gasteiger partial charge in [0, 0.05) is 31.7 Å². The topological polar surface area (TPSA) is 39.7 Å². The van der Waals surface area contributed by atoms with E-state index in [4.69, 9.17) is 14.2 Å². The number of benzene rings is 1. The molecular formula is C15H24FNO3. The predicted octanol–water partition coefficient (Wildman–Crippen LogP) is 2.54. The van der Waals surface area contributed by atoms with E-state index in [9.17, 15) is 4.39 Å². The molecule has 0 bridgehead atoms. The third kappa shape index (κ3) is 5.45. The molecule has 5 heteroatoms. The smallest absolute Gasteiger partial charge is 0.131 e. The highest BCUT2D eigenvalue weighted by atomic mass is 19.1. The molecule has 0 aliphatic rings. The van der Waals surface area contributed by atoms with Gasteiger partial charge in [0.15, 0.2) is 0 Å². The summed E-state index contributed by atoms with van der Waals surface area (Å²) in [6, 6.07) is 4.80. The second-order valence-corrected chi connectivity index (χ2v) is 4.47. The number of ether oxygens (including phenoxy) is 3. The molecule has 0 radical (unpaired) electrons. The summed E-state index contributed by atoms with van der Waals surface area (Å²) >= 11 is 0. The first-order chi connectivity index (χ1) is 9.70. The quantitative estimate of drug-likeness (QED) is 0.671. The van der Waals surface area contributed by atoms with Crippen LogP contribution in [0.1, 0.15) is 24.9 Å². The van der Waals surface area contributed by atoms with Gasteiger partial charge >= 0.3 is 0 Å². The van der Waals surface area contributed by atoms with Crippen LogP contribution in [0.25, 0.3) is 0 Å². The van der Waals surface area contributed by atoms with Crippen molar-refractivity contribution < 1.29 is 18.6 Å². The summed E-state index contributed by atoms with van der Waals surface area (Å²) in [5.41, 5.74) is 0.565. The van der Waals surface area contributed by atoms with Crippen LogP contribution in [0, 0.1) is 5.82 Å². The monoisotopic (exact) mass is 285 g/mol. The van der Waals surface area contributed by atoms with E-state index in [1.54, 1.807) is 26.3 Å². The van der Waals surface area contributed by atoms with E-state index in [1.165, 1.54) is 6.07 Å². The van der Waals surface area contributed by atoms with Crippen molar-refractivity contribution in [2.45, 2.75) is 19.4 Å². The maximum atomic E-state index is 13.8. The van der Waals surface area contributed by atoms with E-state index in [0.29, 0.717) is 37.7 Å². The van der Waals surface area contributed by atoms with Crippen molar-refractivity contribution in [3.05, 3.63) is 29.6 Å². The molecule has 114 valence electrons. The average molecular weight is 285 g/mol. The summed E-state index contributed by atoms with van der Waals surface area (Å²) in [4.78, 5) is 0. The Morgan fingerprint density at radius 2 is 2.00 bits per heavy atom. The van der Waals surface area contributed by atoms with Crippen molar-refractivity contribution in [1.29, 1.82) is 0 Å². The lowest BCUT2D eigenvalue weighted by molar-refractivity contribution is 0.0643. The maximum absolute atomic E-state index is 13.8. The van der Waals surface area contributed by atoms with Gasteiger partial charge in [0.1, 0.15) is 11.6 Å². The third-order valence-corrected chi connectivity index (χ3v) is 3.00. The maximum Gasteiger partial charge on any atom is 0.131 e. The average Bonchev–Trinajstić information content (AvgIpc) is 2.45. The Morgan fingerprint density at radius 1 is 1.20 bits per heavy atom. The zero-order valence-corrected chi connectivity index (χ0v) is 12.4. The molecule has 0 fully saturated rings. The summed E-state index contributed by atoms with van der Waals surface area (Å²) in [5, 5.41) is 3.03. The van der Waals surface area contributed by atoms with Gasteiger partial charge in [-0.25, -0.2) is 4.39 Å². The van der Waals surface area contributed by atoms with Crippen LogP contribution in [0.5, 0.6) is 5.75 Å². The van der Waals surface area contributed by atoms with Crippen LogP contribution in [-0.4, -0.2) is 40.6 Å². The van der Waals surface area contributed by atoms with E-state index < -0.39 is 0 Å². The molecule has 0 aliphatic heterocycles. The van der Waals surface area contributed by atoms with E-state index in [2.05, 4.69) is 5.32 Å². The molecule has 0 aliphatic carbocycles. The minimum Gasteiger partial charge on any atom is -0.493 e. The molecule has 1 aromatic carbocycles. The molecule has 20 heavy (non-hydrogen) atoms. The highest BCUT2D eigenvalue weighted by Crippen LogP contribution is 2.27. The standard InChI is InChI=1S/C15H24FNO3/c1-12(17-2)15-13(16)6-4-7-14(15)20-9-5-8-19-11-10-18-3/h4,6-7,12,17H,5,8-11H2,1-3H3. The fourth-order valence-electron chi connectivity index (χ4n) is 1.80. The van der Waals surface area contributed by atoms with Gasteiger partial charge in [0.25, 0.3) is 0 Å². The molecule has 0 amide bonds. The Hall–Kier alpha value is -1.17. The molecule has 0 saturated carbocycles. The zero-order valence-electron chi connectivity index (χ0n) is 12.4. The molecule has 0 heterocycles. The van der Waals surface area contributed by atoms with Crippen LogP contribution >= 0.6 is 0 Å². The van der Waals surface area contributed by atoms with Gasteiger partial charge in [0.05, 0.1) is 19.8 Å². The second-order valence-electron chi connectivity index (χ2n) is 4.47. The number of nitrogens with one attached hydrogen (secondary N) is 1. The van der Waals surface area contributed by atoms with Gasteiger partial charge in [-0.2, -0.15) is 0 Å². The Kier molecular flexibility index (Phi) is 8.18. The molecule has 1 unspecified atom stereocenters. The van der Waals surface area contributed by atoms with Gasteiger partial charge < -0.3 is 19.5 Å². The van der Waals surface area contributed by atoms with E-state index in [-0.39, 0.29) is 11.9 Å². The van der Waals surface area contributed by atoms with Gasteiger partial charge in [0.2, 0.25) is 0 Å². The normalized spacial score (nSPS) is 12.4. The molecule has 1 aromatic rings. The second kappa shape index (κ2) is 9.69. The Balaban J connectivity index is 2.42. The molecule has 0 aromatic heterocycles. The van der Waals surface area contributed by atoms with Crippen molar-refractivity contribution in [2.75, 3.05) is 40.6 Å². The van der Waals surface area contributed by atoms with Crippen molar-refractivity contribution in [2.24, 2.45) is 0 Å². The zero-order chi connectivity index (χ0) is 14.8. The first kappa shape index (κ1) is 16.9. The summed E-state index contributed by atoms with van der Waals surface area (Å²) in [6.07, 6.45) is 0.758. The van der Waals surface area contributed by atoms with Crippen molar-refractivity contribution in [3.63, 3.8) is 0 Å². The van der Waals surface area contributed by atoms with Crippen LogP contribution in [-0.2, 0) is 9.47 Å². The number of rotatable bonds is 10. The van der Waals surface area contributed by atoms with Gasteiger partial charge in [-0.1, -0.05) is 6.07 Å². The number of halogens is 1. The molecular weight excluding hydrogens is 261 g/mol. The van der Waals surface area contributed by atoms with E-state index in [0.717, 1.165) is 6.42 Å². The Labute approximate surface area is 120 Å². The fourth-order valence-corrected chi connectivity index (χ4v) is 1.80. The molecule has 4 nitrogen and oxygen atoms in total. The van der Waals surface area contributed by atoms with Gasteiger partial charge in [-0.15, -0.1) is 0 Å². The fraction of sp³-hybridized carbons (Fsp3) is 0.600. The van der Waals surface area contributed by atoms with Crippen LogP contribution in [0.3, 0.4) is 0 Å². The molecule has 1 N–H and O–H groups in total. The summed E-state index contributed by atoms with van der Waals surface area (Å²) < 4.78 is 29.7. The minimum atomic E-state index is -0.249. The first-order valence-electron chi connectivity index (χ1n) is 6.85. The molecule has 1 rings (SSSR count). The molecule has 1 atom stereocenters. The Bertz CT molecular complexity index is 387. The minimum absolute atomic E-state index is 0.0934. The van der Waals surface area contributed by atoms with Crippen LogP contribution < -0.4 is 10.1 Å². The van der Waals surface area contributed by atoms with Gasteiger partial charge in [-0.05, 0) is 26.1 Å². The predicted molar refractivity (Wildman–Crippen MR) is 76.7 cm³/mol. The lowest BCUT2D eigenvalue weighted by atomic mass is 10.1. The SMILES string of the molecule is CNC(C)c1c(F)cccc1OCCCOCCOC.